The van der Waals surface area contributed by atoms with Crippen molar-refractivity contribution in [2.24, 2.45) is 0 Å². The number of rotatable bonds is 4. The first-order valence-electron chi connectivity index (χ1n) is 7.92. The van der Waals surface area contributed by atoms with Gasteiger partial charge in [0.15, 0.2) is 0 Å². The van der Waals surface area contributed by atoms with Gasteiger partial charge in [-0.25, -0.2) is 0 Å². The van der Waals surface area contributed by atoms with E-state index < -0.39 is 10.8 Å². The molecule has 1 aromatic carbocycles. The molecule has 0 aliphatic rings. The maximum atomic E-state index is 12.5. The van der Waals surface area contributed by atoms with Gasteiger partial charge in [0.2, 0.25) is 0 Å². The number of nitrogens with zero attached hydrogens (tertiary/aromatic N) is 3. The van der Waals surface area contributed by atoms with E-state index in [9.17, 15) is 14.9 Å². The van der Waals surface area contributed by atoms with Crippen LogP contribution in [0.15, 0.2) is 24.4 Å². The van der Waals surface area contributed by atoms with Crippen LogP contribution in [0.1, 0.15) is 55.4 Å². The molecule has 0 spiro atoms. The molecule has 2 rings (SSSR count). The maximum absolute atomic E-state index is 12.5. The quantitative estimate of drug-likeness (QED) is 0.502. The number of carbonyl (C=O) groups excluding carboxylic acids is 1. The molecule has 0 radical (unpaired) electrons. The molecule has 0 fully saturated rings. The second-order valence-corrected chi connectivity index (χ2v) is 7.01. The Balaban J connectivity index is 2.25. The minimum Gasteiger partial charge on any atom is -0.398 e. The van der Waals surface area contributed by atoms with Crippen LogP contribution in [0.25, 0.3) is 0 Å². The number of amides is 1. The Labute approximate surface area is 146 Å². The fourth-order valence-corrected chi connectivity index (χ4v) is 2.45. The molecule has 0 saturated heterocycles. The van der Waals surface area contributed by atoms with E-state index in [1.165, 1.54) is 18.2 Å². The number of carbonyl (C=O) groups is 1. The number of nitro groups is 1. The summed E-state index contributed by atoms with van der Waals surface area (Å²) < 4.78 is 1.85. The van der Waals surface area contributed by atoms with Gasteiger partial charge in [-0.1, -0.05) is 0 Å². The van der Waals surface area contributed by atoms with Crippen molar-refractivity contribution >= 4 is 17.3 Å². The van der Waals surface area contributed by atoms with E-state index in [0.29, 0.717) is 0 Å². The number of nitrogen functional groups attached to an aromatic ring is 1. The highest BCUT2D eigenvalue weighted by Gasteiger charge is 2.22. The Hall–Kier alpha value is -2.90. The second-order valence-electron chi connectivity index (χ2n) is 7.01. The number of aryl methyl sites for hydroxylation is 1. The van der Waals surface area contributed by atoms with Crippen molar-refractivity contribution in [2.45, 2.75) is 46.2 Å². The third kappa shape index (κ3) is 3.96. The summed E-state index contributed by atoms with van der Waals surface area (Å²) >= 11 is 0. The van der Waals surface area contributed by atoms with Crippen molar-refractivity contribution in [3.63, 3.8) is 0 Å². The molecule has 1 heterocycles. The molecule has 8 heteroatoms. The summed E-state index contributed by atoms with van der Waals surface area (Å²) in [7, 11) is 0. The molecule has 3 N–H and O–H groups in total. The van der Waals surface area contributed by atoms with Gasteiger partial charge in [0.1, 0.15) is 0 Å². The minimum atomic E-state index is -0.558. The first kappa shape index (κ1) is 18.4. The molecule has 1 atom stereocenters. The number of anilines is 1. The van der Waals surface area contributed by atoms with Crippen molar-refractivity contribution in [1.82, 2.24) is 15.1 Å². The number of nitrogens with one attached hydrogen (secondary N) is 1. The van der Waals surface area contributed by atoms with E-state index in [2.05, 4.69) is 10.4 Å². The van der Waals surface area contributed by atoms with Gasteiger partial charge in [0.05, 0.1) is 27.8 Å². The Kier molecular flexibility index (Phi) is 4.82. The SMILES string of the molecule is Cc1nn(C(C)(C)C)cc1C(C)NC(=O)c1cc([N+](=O)[O-])ccc1N. The summed E-state index contributed by atoms with van der Waals surface area (Å²) in [5.41, 5.74) is 7.42. The van der Waals surface area contributed by atoms with E-state index in [4.69, 9.17) is 5.73 Å². The van der Waals surface area contributed by atoms with Gasteiger partial charge >= 0.3 is 0 Å². The standard InChI is InChI=1S/C17H23N5O3/c1-10(14-9-21(17(3,4)5)20-11(14)2)19-16(23)13-8-12(22(24)25)6-7-15(13)18/h6-10H,18H2,1-5H3,(H,19,23). The third-order valence-electron chi connectivity index (χ3n) is 3.93. The van der Waals surface area contributed by atoms with Crippen molar-refractivity contribution in [3.8, 4) is 0 Å². The summed E-state index contributed by atoms with van der Waals surface area (Å²) in [5, 5.41) is 18.2. The zero-order valence-corrected chi connectivity index (χ0v) is 15.0. The van der Waals surface area contributed by atoms with Crippen molar-refractivity contribution in [2.75, 3.05) is 5.73 Å². The molecule has 2 aromatic rings. The predicted octanol–water partition coefficient (Wildman–Crippen LogP) is 2.93. The molecule has 1 amide bonds. The Bertz CT molecular complexity index is 820. The van der Waals surface area contributed by atoms with Gasteiger partial charge in [-0.2, -0.15) is 5.10 Å². The molecule has 8 nitrogen and oxygen atoms in total. The van der Waals surface area contributed by atoms with Crippen LogP contribution >= 0.6 is 0 Å². The number of benzene rings is 1. The fraction of sp³-hybridized carbons (Fsp3) is 0.412. The highest BCUT2D eigenvalue weighted by Crippen LogP contribution is 2.23. The predicted molar refractivity (Wildman–Crippen MR) is 95.4 cm³/mol. The molecular weight excluding hydrogens is 322 g/mol. The molecule has 25 heavy (non-hydrogen) atoms. The number of non-ortho nitro benzene ring substituents is 1. The van der Waals surface area contributed by atoms with E-state index >= 15 is 0 Å². The van der Waals surface area contributed by atoms with Gasteiger partial charge in [0.25, 0.3) is 11.6 Å². The minimum absolute atomic E-state index is 0.0851. The van der Waals surface area contributed by atoms with E-state index in [0.717, 1.165) is 11.3 Å². The van der Waals surface area contributed by atoms with Crippen LogP contribution in [-0.2, 0) is 5.54 Å². The molecule has 0 aliphatic carbocycles. The van der Waals surface area contributed by atoms with Crippen LogP contribution in [0, 0.1) is 17.0 Å². The lowest BCUT2D eigenvalue weighted by molar-refractivity contribution is -0.384. The lowest BCUT2D eigenvalue weighted by Crippen LogP contribution is -2.27. The molecule has 0 aliphatic heterocycles. The van der Waals surface area contributed by atoms with E-state index in [1.807, 2.05) is 45.5 Å². The lowest BCUT2D eigenvalue weighted by atomic mass is 10.1. The van der Waals surface area contributed by atoms with Crippen LogP contribution in [-0.4, -0.2) is 20.6 Å². The fourth-order valence-electron chi connectivity index (χ4n) is 2.45. The number of hydrogen-bond donors (Lipinski definition) is 2. The first-order chi connectivity index (χ1) is 11.5. The molecule has 1 unspecified atom stereocenters. The zero-order chi connectivity index (χ0) is 18.9. The summed E-state index contributed by atoms with van der Waals surface area (Å²) in [6, 6.07) is 3.50. The molecule has 134 valence electrons. The van der Waals surface area contributed by atoms with Crippen LogP contribution in [0.5, 0.6) is 0 Å². The largest absolute Gasteiger partial charge is 0.398 e. The van der Waals surface area contributed by atoms with Gasteiger partial charge in [0, 0.05) is 29.6 Å². The summed E-state index contributed by atoms with van der Waals surface area (Å²) in [5.74, 6) is -0.461. The van der Waals surface area contributed by atoms with Gasteiger partial charge < -0.3 is 11.1 Å². The van der Waals surface area contributed by atoms with Crippen molar-refractivity contribution in [1.29, 1.82) is 0 Å². The normalized spacial score (nSPS) is 12.7. The monoisotopic (exact) mass is 345 g/mol. The van der Waals surface area contributed by atoms with Crippen LogP contribution in [0.3, 0.4) is 0 Å². The number of nitrogens with two attached hydrogens (primary N) is 1. The van der Waals surface area contributed by atoms with E-state index in [1.54, 1.807) is 0 Å². The van der Waals surface area contributed by atoms with Crippen molar-refractivity contribution in [3.05, 3.63) is 51.3 Å². The van der Waals surface area contributed by atoms with E-state index in [-0.39, 0.29) is 28.5 Å². The zero-order valence-electron chi connectivity index (χ0n) is 15.0. The summed E-state index contributed by atoms with van der Waals surface area (Å²) in [6.45, 7) is 9.83. The molecular formula is C17H23N5O3. The molecule has 0 saturated carbocycles. The number of aromatic nitrogens is 2. The van der Waals surface area contributed by atoms with Crippen molar-refractivity contribution < 1.29 is 9.72 Å². The average Bonchev–Trinajstić information content (AvgIpc) is 2.89. The highest BCUT2D eigenvalue weighted by atomic mass is 16.6. The molecule has 1 aromatic heterocycles. The second kappa shape index (κ2) is 6.54. The topological polar surface area (TPSA) is 116 Å². The number of hydrogen-bond acceptors (Lipinski definition) is 5. The summed E-state index contributed by atoms with van der Waals surface area (Å²) in [4.78, 5) is 22.8. The summed E-state index contributed by atoms with van der Waals surface area (Å²) in [6.07, 6.45) is 1.90. The van der Waals surface area contributed by atoms with Gasteiger partial charge in [-0.15, -0.1) is 0 Å². The third-order valence-corrected chi connectivity index (χ3v) is 3.93. The van der Waals surface area contributed by atoms with Crippen LogP contribution in [0.2, 0.25) is 0 Å². The van der Waals surface area contributed by atoms with Crippen LogP contribution < -0.4 is 11.1 Å². The van der Waals surface area contributed by atoms with Crippen LogP contribution in [0.4, 0.5) is 11.4 Å². The average molecular weight is 345 g/mol. The number of nitro benzene ring substituents is 1. The lowest BCUT2D eigenvalue weighted by Gasteiger charge is -2.19. The van der Waals surface area contributed by atoms with Gasteiger partial charge in [-0.05, 0) is 40.7 Å². The molecule has 0 bridgehead atoms. The van der Waals surface area contributed by atoms with Gasteiger partial charge in [-0.3, -0.25) is 19.6 Å². The highest BCUT2D eigenvalue weighted by molar-refractivity contribution is 6.00. The maximum Gasteiger partial charge on any atom is 0.270 e. The Morgan fingerprint density at radius 3 is 2.56 bits per heavy atom. The Morgan fingerprint density at radius 1 is 1.40 bits per heavy atom. The first-order valence-corrected chi connectivity index (χ1v) is 7.92. The smallest absolute Gasteiger partial charge is 0.270 e. The Morgan fingerprint density at radius 2 is 2.04 bits per heavy atom.